The van der Waals surface area contributed by atoms with Crippen LogP contribution in [0.1, 0.15) is 28.4 Å². The standard InChI is InChI=1S/C24H20BrClN2O4/c1-15-3-5-17(6-4-15)24(30)32-22-12-7-19(25)13-18(22)14-27-28-23(29)16(2)31-21-10-8-20(26)9-11-21/h3-14,16H,1-2H3,(H,28,29)/b27-14-/t16-/m1/s1. The number of hydrazone groups is 1. The number of amides is 1. The molecule has 0 aliphatic rings. The van der Waals surface area contributed by atoms with E-state index in [1.807, 2.05) is 19.1 Å². The predicted octanol–water partition coefficient (Wildman–Crippen LogP) is 5.55. The Balaban J connectivity index is 1.65. The molecule has 0 saturated carbocycles. The lowest BCUT2D eigenvalue weighted by molar-refractivity contribution is -0.127. The van der Waals surface area contributed by atoms with Crippen LogP contribution < -0.4 is 14.9 Å². The molecule has 3 aromatic carbocycles. The van der Waals surface area contributed by atoms with Gasteiger partial charge in [0.05, 0.1) is 11.8 Å². The molecule has 1 N–H and O–H groups in total. The van der Waals surface area contributed by atoms with Crippen LogP contribution in [-0.4, -0.2) is 24.2 Å². The van der Waals surface area contributed by atoms with E-state index in [0.29, 0.717) is 27.6 Å². The third-order valence-corrected chi connectivity index (χ3v) is 5.08. The number of aryl methyl sites for hydroxylation is 1. The highest BCUT2D eigenvalue weighted by Gasteiger charge is 2.15. The van der Waals surface area contributed by atoms with Gasteiger partial charge >= 0.3 is 5.97 Å². The number of rotatable bonds is 7. The molecule has 1 amide bonds. The molecule has 32 heavy (non-hydrogen) atoms. The van der Waals surface area contributed by atoms with Gasteiger partial charge in [0.2, 0.25) is 0 Å². The molecular formula is C24H20BrClN2O4. The molecule has 6 nitrogen and oxygen atoms in total. The zero-order valence-corrected chi connectivity index (χ0v) is 19.7. The summed E-state index contributed by atoms with van der Waals surface area (Å²) in [7, 11) is 0. The molecule has 0 aromatic heterocycles. The number of nitrogens with zero attached hydrogens (tertiary/aromatic N) is 1. The van der Waals surface area contributed by atoms with Crippen LogP contribution in [0.2, 0.25) is 5.02 Å². The van der Waals surface area contributed by atoms with Gasteiger partial charge in [-0.05, 0) is 68.4 Å². The highest BCUT2D eigenvalue weighted by atomic mass is 79.9. The van der Waals surface area contributed by atoms with Crippen molar-refractivity contribution >= 4 is 45.6 Å². The second-order valence-corrected chi connectivity index (χ2v) is 8.24. The van der Waals surface area contributed by atoms with E-state index in [2.05, 4.69) is 26.5 Å². The fourth-order valence-electron chi connectivity index (χ4n) is 2.59. The van der Waals surface area contributed by atoms with Gasteiger partial charge in [-0.25, -0.2) is 10.2 Å². The quantitative estimate of drug-likeness (QED) is 0.194. The number of ether oxygens (including phenoxy) is 2. The first kappa shape index (κ1) is 23.5. The van der Waals surface area contributed by atoms with Crippen molar-refractivity contribution in [3.05, 3.63) is 92.9 Å². The summed E-state index contributed by atoms with van der Waals surface area (Å²) < 4.78 is 11.8. The van der Waals surface area contributed by atoms with E-state index < -0.39 is 18.0 Å². The molecule has 3 rings (SSSR count). The summed E-state index contributed by atoms with van der Waals surface area (Å²) >= 11 is 9.23. The first-order valence-corrected chi connectivity index (χ1v) is 10.8. The third-order valence-electron chi connectivity index (χ3n) is 4.34. The summed E-state index contributed by atoms with van der Waals surface area (Å²) in [5.74, 6) is -0.110. The Morgan fingerprint density at radius 1 is 1.06 bits per heavy atom. The summed E-state index contributed by atoms with van der Waals surface area (Å²) in [5.41, 5.74) is 4.41. The largest absolute Gasteiger partial charge is 0.481 e. The maximum Gasteiger partial charge on any atom is 0.343 e. The fourth-order valence-corrected chi connectivity index (χ4v) is 3.09. The maximum atomic E-state index is 12.5. The Labute approximate surface area is 199 Å². The van der Waals surface area contributed by atoms with E-state index in [9.17, 15) is 9.59 Å². The normalized spacial score (nSPS) is 11.8. The van der Waals surface area contributed by atoms with E-state index in [1.54, 1.807) is 61.5 Å². The van der Waals surface area contributed by atoms with Crippen molar-refractivity contribution in [2.24, 2.45) is 5.10 Å². The third kappa shape index (κ3) is 6.67. The molecule has 0 fully saturated rings. The van der Waals surface area contributed by atoms with E-state index >= 15 is 0 Å². The summed E-state index contributed by atoms with van der Waals surface area (Å²) in [6, 6.07) is 18.9. The van der Waals surface area contributed by atoms with Crippen LogP contribution in [0.4, 0.5) is 0 Å². The minimum atomic E-state index is -0.783. The monoisotopic (exact) mass is 514 g/mol. The van der Waals surface area contributed by atoms with Crippen molar-refractivity contribution in [2.75, 3.05) is 0 Å². The zero-order chi connectivity index (χ0) is 23.1. The SMILES string of the molecule is Cc1ccc(C(=O)Oc2ccc(Br)cc2/C=N\NC(=O)[C@@H](C)Oc2ccc(Cl)cc2)cc1. The first-order chi connectivity index (χ1) is 15.3. The van der Waals surface area contributed by atoms with Gasteiger partial charge in [0.25, 0.3) is 5.91 Å². The zero-order valence-electron chi connectivity index (χ0n) is 17.3. The van der Waals surface area contributed by atoms with Crippen molar-refractivity contribution in [1.29, 1.82) is 0 Å². The molecule has 0 heterocycles. The molecule has 0 bridgehead atoms. The second-order valence-electron chi connectivity index (χ2n) is 6.89. The molecule has 1 atom stereocenters. The number of hydrogen-bond donors (Lipinski definition) is 1. The minimum Gasteiger partial charge on any atom is -0.481 e. The summed E-state index contributed by atoms with van der Waals surface area (Å²) in [5, 5.41) is 4.55. The predicted molar refractivity (Wildman–Crippen MR) is 128 cm³/mol. The van der Waals surface area contributed by atoms with Gasteiger partial charge in [0, 0.05) is 15.1 Å². The molecule has 0 aliphatic carbocycles. The molecule has 3 aromatic rings. The Bertz CT molecular complexity index is 1130. The topological polar surface area (TPSA) is 77.0 Å². The smallest absolute Gasteiger partial charge is 0.343 e. The van der Waals surface area contributed by atoms with Gasteiger partial charge in [-0.3, -0.25) is 4.79 Å². The van der Waals surface area contributed by atoms with Crippen LogP contribution in [0.5, 0.6) is 11.5 Å². The van der Waals surface area contributed by atoms with Crippen molar-refractivity contribution in [3.8, 4) is 11.5 Å². The Hall–Kier alpha value is -3.16. The first-order valence-electron chi connectivity index (χ1n) is 9.65. The van der Waals surface area contributed by atoms with Crippen molar-refractivity contribution < 1.29 is 19.1 Å². The summed E-state index contributed by atoms with van der Waals surface area (Å²) in [4.78, 5) is 24.7. The number of hydrogen-bond acceptors (Lipinski definition) is 5. The van der Waals surface area contributed by atoms with Crippen LogP contribution in [0.15, 0.2) is 76.3 Å². The van der Waals surface area contributed by atoms with Gasteiger partial charge in [-0.2, -0.15) is 5.10 Å². The Morgan fingerprint density at radius 3 is 2.44 bits per heavy atom. The van der Waals surface area contributed by atoms with Gasteiger partial charge in [0.1, 0.15) is 11.5 Å². The molecule has 0 unspecified atom stereocenters. The molecular weight excluding hydrogens is 496 g/mol. The lowest BCUT2D eigenvalue weighted by Gasteiger charge is -2.13. The van der Waals surface area contributed by atoms with Crippen molar-refractivity contribution in [1.82, 2.24) is 5.43 Å². The van der Waals surface area contributed by atoms with Gasteiger partial charge in [-0.15, -0.1) is 0 Å². The van der Waals surface area contributed by atoms with E-state index in [1.165, 1.54) is 6.21 Å². The lowest BCUT2D eigenvalue weighted by atomic mass is 10.1. The van der Waals surface area contributed by atoms with Gasteiger partial charge in [0.15, 0.2) is 6.10 Å². The molecule has 0 saturated heterocycles. The Morgan fingerprint density at radius 2 is 1.75 bits per heavy atom. The van der Waals surface area contributed by atoms with Gasteiger partial charge in [-0.1, -0.05) is 45.2 Å². The summed E-state index contributed by atoms with van der Waals surface area (Å²) in [6.07, 6.45) is 0.616. The van der Waals surface area contributed by atoms with E-state index in [-0.39, 0.29) is 0 Å². The number of nitrogens with one attached hydrogen (secondary N) is 1. The molecule has 0 aliphatic heterocycles. The number of carbonyl (C=O) groups excluding carboxylic acids is 2. The fraction of sp³-hybridized carbons (Fsp3) is 0.125. The highest BCUT2D eigenvalue weighted by molar-refractivity contribution is 9.10. The summed E-state index contributed by atoms with van der Waals surface area (Å²) in [6.45, 7) is 3.54. The number of carbonyl (C=O) groups is 2. The van der Waals surface area contributed by atoms with E-state index in [0.717, 1.165) is 10.0 Å². The van der Waals surface area contributed by atoms with Crippen LogP contribution in [0.3, 0.4) is 0 Å². The van der Waals surface area contributed by atoms with E-state index in [4.69, 9.17) is 21.1 Å². The number of esters is 1. The average molecular weight is 516 g/mol. The molecule has 164 valence electrons. The average Bonchev–Trinajstić information content (AvgIpc) is 2.77. The van der Waals surface area contributed by atoms with Crippen LogP contribution in [0.25, 0.3) is 0 Å². The van der Waals surface area contributed by atoms with Crippen LogP contribution in [0, 0.1) is 6.92 Å². The second kappa shape index (κ2) is 10.9. The minimum absolute atomic E-state index is 0.308. The van der Waals surface area contributed by atoms with Gasteiger partial charge < -0.3 is 9.47 Å². The van der Waals surface area contributed by atoms with Crippen LogP contribution >= 0.6 is 27.5 Å². The van der Waals surface area contributed by atoms with Crippen molar-refractivity contribution in [3.63, 3.8) is 0 Å². The maximum absolute atomic E-state index is 12.5. The van der Waals surface area contributed by atoms with Crippen molar-refractivity contribution in [2.45, 2.75) is 20.0 Å². The molecule has 0 spiro atoms. The number of benzene rings is 3. The molecule has 8 heteroatoms. The van der Waals surface area contributed by atoms with Crippen LogP contribution in [-0.2, 0) is 4.79 Å². The highest BCUT2D eigenvalue weighted by Crippen LogP contribution is 2.23. The number of halogens is 2. The lowest BCUT2D eigenvalue weighted by Crippen LogP contribution is -2.33. The molecule has 0 radical (unpaired) electrons. The Kier molecular flexibility index (Phi) is 8.03.